The quantitative estimate of drug-likeness (QED) is 0.667. The number of fused-ring (bicyclic) bond motifs is 3. The minimum Gasteiger partial charge on any atom is -0.0622 e. The van der Waals surface area contributed by atoms with Crippen molar-refractivity contribution < 1.29 is 0 Å². The normalized spacial score (nSPS) is 25.4. The van der Waals surface area contributed by atoms with Crippen molar-refractivity contribution in [2.75, 3.05) is 0 Å². The summed E-state index contributed by atoms with van der Waals surface area (Å²) < 4.78 is 0. The van der Waals surface area contributed by atoms with E-state index in [-0.39, 0.29) is 0 Å². The fourth-order valence-electron chi connectivity index (χ4n) is 3.39. The van der Waals surface area contributed by atoms with Crippen molar-refractivity contribution in [2.45, 2.75) is 19.3 Å². The van der Waals surface area contributed by atoms with Gasteiger partial charge in [0.15, 0.2) is 0 Å². The van der Waals surface area contributed by atoms with Gasteiger partial charge in [-0.2, -0.15) is 0 Å². The van der Waals surface area contributed by atoms with Gasteiger partial charge in [0.05, 0.1) is 0 Å². The molecule has 2 aliphatic carbocycles. The molecule has 0 amide bonds. The average Bonchev–Trinajstić information content (AvgIpc) is 2.49. The zero-order valence-electron chi connectivity index (χ0n) is 11.6. The van der Waals surface area contributed by atoms with Crippen LogP contribution in [0.25, 0.3) is 11.6 Å². The van der Waals surface area contributed by atoms with Crippen LogP contribution < -0.4 is 0 Å². The maximum atomic E-state index is 3.69. The molecule has 0 nitrogen and oxygen atoms in total. The van der Waals surface area contributed by atoms with E-state index in [9.17, 15) is 0 Å². The Kier molecular flexibility index (Phi) is 2.63. The van der Waals surface area contributed by atoms with Crippen molar-refractivity contribution >= 4 is 11.6 Å². The molecule has 0 bridgehead atoms. The van der Waals surface area contributed by atoms with Crippen molar-refractivity contribution in [1.29, 1.82) is 0 Å². The van der Waals surface area contributed by atoms with Gasteiger partial charge in [-0.25, -0.2) is 0 Å². The Balaban J connectivity index is 1.86. The molecule has 2 atom stereocenters. The Bertz CT molecular complexity index is 704. The first-order valence-electron chi connectivity index (χ1n) is 7.33. The van der Waals surface area contributed by atoms with E-state index < -0.39 is 0 Å². The fourth-order valence-corrected chi connectivity index (χ4v) is 3.39. The fraction of sp³-hybridized carbons (Fsp3) is 0.200. The molecule has 97 valence electrons. The van der Waals surface area contributed by atoms with Crippen LogP contribution in [0.2, 0.25) is 0 Å². The zero-order chi connectivity index (χ0) is 13.5. The van der Waals surface area contributed by atoms with Crippen LogP contribution in [0, 0.1) is 12.0 Å². The third kappa shape index (κ3) is 1.76. The Morgan fingerprint density at radius 1 is 1.00 bits per heavy atom. The second-order valence-corrected chi connectivity index (χ2v) is 5.83. The molecular formula is C20H17. The molecule has 4 rings (SSSR count). The van der Waals surface area contributed by atoms with E-state index in [0.717, 1.165) is 0 Å². The zero-order valence-corrected chi connectivity index (χ0v) is 11.6. The Morgan fingerprint density at radius 3 is 2.55 bits per heavy atom. The van der Waals surface area contributed by atoms with Crippen molar-refractivity contribution in [2.24, 2.45) is 5.92 Å². The lowest BCUT2D eigenvalue weighted by molar-refractivity contribution is 0.415. The molecule has 0 N–H and O–H groups in total. The van der Waals surface area contributed by atoms with E-state index in [2.05, 4.69) is 73.7 Å². The molecule has 0 saturated heterocycles. The first-order valence-corrected chi connectivity index (χ1v) is 7.33. The van der Waals surface area contributed by atoms with Crippen LogP contribution in [0.5, 0.6) is 0 Å². The minimum absolute atomic E-state index is 0.620. The summed E-state index contributed by atoms with van der Waals surface area (Å²) in [5.74, 6) is 1.31. The summed E-state index contributed by atoms with van der Waals surface area (Å²) in [6, 6.07) is 19.3. The molecule has 0 spiro atoms. The molecule has 1 fully saturated rings. The second-order valence-electron chi connectivity index (χ2n) is 5.83. The van der Waals surface area contributed by atoms with Gasteiger partial charge in [-0.1, -0.05) is 67.1 Å². The third-order valence-corrected chi connectivity index (χ3v) is 4.51. The van der Waals surface area contributed by atoms with Crippen LogP contribution in [-0.4, -0.2) is 0 Å². The van der Waals surface area contributed by atoms with Gasteiger partial charge in [-0.05, 0) is 46.8 Å². The SMILES string of the molecule is CC1CC2C1=[C]C(=Cc1ccccc1)c1ccccc12. The van der Waals surface area contributed by atoms with Crippen LogP contribution in [0.15, 0.2) is 60.2 Å². The van der Waals surface area contributed by atoms with E-state index in [1.807, 2.05) is 0 Å². The van der Waals surface area contributed by atoms with Crippen LogP contribution in [0.4, 0.5) is 0 Å². The first kappa shape index (κ1) is 11.7. The van der Waals surface area contributed by atoms with Gasteiger partial charge in [0.25, 0.3) is 0 Å². The first-order chi connectivity index (χ1) is 9.83. The predicted octanol–water partition coefficient (Wildman–Crippen LogP) is 5.09. The third-order valence-electron chi connectivity index (χ3n) is 4.51. The molecule has 1 radical (unpaired) electrons. The van der Waals surface area contributed by atoms with E-state index in [1.165, 1.54) is 34.3 Å². The molecule has 0 aromatic heterocycles. The van der Waals surface area contributed by atoms with Crippen molar-refractivity contribution in [1.82, 2.24) is 0 Å². The van der Waals surface area contributed by atoms with Gasteiger partial charge in [0.2, 0.25) is 0 Å². The molecule has 0 heteroatoms. The largest absolute Gasteiger partial charge is 0.0622 e. The highest BCUT2D eigenvalue weighted by Gasteiger charge is 2.37. The van der Waals surface area contributed by atoms with Crippen molar-refractivity contribution in [3.63, 3.8) is 0 Å². The summed E-state index contributed by atoms with van der Waals surface area (Å²) in [6.07, 6.45) is 7.22. The van der Waals surface area contributed by atoms with Crippen molar-refractivity contribution in [3.05, 3.63) is 82.9 Å². The molecular weight excluding hydrogens is 240 g/mol. The van der Waals surface area contributed by atoms with Gasteiger partial charge in [-0.15, -0.1) is 0 Å². The highest BCUT2D eigenvalue weighted by atomic mass is 14.4. The number of hydrogen-bond acceptors (Lipinski definition) is 0. The average molecular weight is 257 g/mol. The van der Waals surface area contributed by atoms with E-state index in [1.54, 1.807) is 0 Å². The van der Waals surface area contributed by atoms with Gasteiger partial charge in [-0.3, -0.25) is 0 Å². The highest BCUT2D eigenvalue weighted by Crippen LogP contribution is 2.52. The van der Waals surface area contributed by atoms with Crippen LogP contribution >= 0.6 is 0 Å². The van der Waals surface area contributed by atoms with E-state index >= 15 is 0 Å². The van der Waals surface area contributed by atoms with Gasteiger partial charge >= 0.3 is 0 Å². The lowest BCUT2D eigenvalue weighted by atomic mass is 9.63. The summed E-state index contributed by atoms with van der Waals surface area (Å²) in [4.78, 5) is 0. The van der Waals surface area contributed by atoms with Gasteiger partial charge in [0.1, 0.15) is 0 Å². The highest BCUT2D eigenvalue weighted by molar-refractivity contribution is 5.89. The molecule has 20 heavy (non-hydrogen) atoms. The van der Waals surface area contributed by atoms with Crippen LogP contribution in [0.1, 0.15) is 36.0 Å². The molecule has 2 aliphatic rings. The Labute approximate surface area is 120 Å². The van der Waals surface area contributed by atoms with Gasteiger partial charge in [0, 0.05) is 5.92 Å². The van der Waals surface area contributed by atoms with Crippen molar-refractivity contribution in [3.8, 4) is 0 Å². The summed E-state index contributed by atoms with van der Waals surface area (Å²) in [7, 11) is 0. The maximum Gasteiger partial charge on any atom is 0.00720 e. The smallest absolute Gasteiger partial charge is 0.00720 e. The number of rotatable bonds is 1. The molecule has 2 aromatic rings. The molecule has 2 aromatic carbocycles. The Morgan fingerprint density at radius 2 is 1.75 bits per heavy atom. The van der Waals surface area contributed by atoms with Crippen LogP contribution in [0.3, 0.4) is 0 Å². The molecule has 2 unspecified atom stereocenters. The Hall–Kier alpha value is -2.08. The standard InChI is InChI=1S/C20H17/c1-14-11-20-18-10-6-5-9-17(18)16(13-19(14)20)12-15-7-3-2-4-8-15/h2-10,12,14,20H,11H2,1H3. The lowest BCUT2D eigenvalue weighted by Crippen LogP contribution is -2.27. The summed E-state index contributed by atoms with van der Waals surface area (Å²) in [6.45, 7) is 2.31. The van der Waals surface area contributed by atoms with E-state index in [4.69, 9.17) is 0 Å². The summed E-state index contributed by atoms with van der Waals surface area (Å²) in [5.41, 5.74) is 6.82. The summed E-state index contributed by atoms with van der Waals surface area (Å²) >= 11 is 0. The van der Waals surface area contributed by atoms with E-state index in [0.29, 0.717) is 11.8 Å². The maximum absolute atomic E-state index is 3.69. The second kappa shape index (κ2) is 4.49. The summed E-state index contributed by atoms with van der Waals surface area (Å²) in [5, 5.41) is 0. The lowest BCUT2D eigenvalue weighted by Gasteiger charge is -2.41. The number of hydrogen-bond donors (Lipinski definition) is 0. The topological polar surface area (TPSA) is 0 Å². The molecule has 0 heterocycles. The van der Waals surface area contributed by atoms with Crippen LogP contribution in [-0.2, 0) is 0 Å². The molecule has 1 saturated carbocycles. The monoisotopic (exact) mass is 257 g/mol. The minimum atomic E-state index is 0.620. The number of benzene rings is 2. The number of allylic oxidation sites excluding steroid dienone is 3. The van der Waals surface area contributed by atoms with Gasteiger partial charge < -0.3 is 0 Å². The molecule has 0 aliphatic heterocycles. The predicted molar refractivity (Wildman–Crippen MR) is 84.0 cm³/mol.